The molecule has 1 aliphatic heterocycles. The van der Waals surface area contributed by atoms with Crippen LogP contribution >= 0.6 is 0 Å². The smallest absolute Gasteiger partial charge is 0.389 e. The number of halogens is 3. The molecule has 1 heterocycles. The summed E-state index contributed by atoms with van der Waals surface area (Å²) in [5.41, 5.74) is 1.04. The Balaban J connectivity index is 1.91. The Hall–Kier alpha value is -3.64. The Morgan fingerprint density at radius 1 is 1.13 bits per heavy atom. The summed E-state index contributed by atoms with van der Waals surface area (Å²) in [5.74, 6) is -1.46. The third kappa shape index (κ3) is 11.0. The molecule has 0 radical (unpaired) electrons. The van der Waals surface area contributed by atoms with Gasteiger partial charge in [0.2, 0.25) is 5.91 Å². The van der Waals surface area contributed by atoms with Gasteiger partial charge in [0.15, 0.2) is 0 Å². The van der Waals surface area contributed by atoms with Gasteiger partial charge in [0.1, 0.15) is 5.75 Å². The van der Waals surface area contributed by atoms with Crippen molar-refractivity contribution < 1.29 is 42.1 Å². The number of fused-ring (bicyclic) bond motifs is 1. The highest BCUT2D eigenvalue weighted by atomic mass is 19.4. The SMILES string of the molecule is C[C@@H]1CCCCO[C@H](CN(C)C(=O)CCC(F)(F)F)[C@H](C)CN([C@@H](C)CO)C(=O)c2cc(NC(=O)c3ccccc3)ccc2O1. The zero-order chi connectivity index (χ0) is 33.1. The van der Waals surface area contributed by atoms with E-state index in [1.54, 1.807) is 55.5 Å². The normalized spacial score (nSPS) is 20.8. The number of nitrogens with one attached hydrogen (secondary N) is 1. The van der Waals surface area contributed by atoms with Gasteiger partial charge < -0.3 is 29.7 Å². The van der Waals surface area contributed by atoms with E-state index < -0.39 is 43.0 Å². The molecular formula is C33H44F3N3O6. The lowest BCUT2D eigenvalue weighted by Gasteiger charge is -2.36. The molecule has 0 bridgehead atoms. The van der Waals surface area contributed by atoms with Crippen LogP contribution in [0.25, 0.3) is 0 Å². The van der Waals surface area contributed by atoms with E-state index in [1.165, 1.54) is 16.8 Å². The molecule has 2 aromatic rings. The number of carbonyl (C=O) groups excluding carboxylic acids is 3. The van der Waals surface area contributed by atoms with Crippen LogP contribution in [0.15, 0.2) is 48.5 Å². The average molecular weight is 636 g/mol. The Morgan fingerprint density at radius 3 is 2.51 bits per heavy atom. The molecule has 3 rings (SSSR count). The first-order valence-electron chi connectivity index (χ1n) is 15.3. The number of nitrogens with zero attached hydrogens (tertiary/aromatic N) is 2. The number of aliphatic hydroxyl groups excluding tert-OH is 1. The second-order valence-corrected chi connectivity index (χ2v) is 11.7. The minimum Gasteiger partial charge on any atom is -0.490 e. The van der Waals surface area contributed by atoms with Crippen LogP contribution in [0.2, 0.25) is 0 Å². The monoisotopic (exact) mass is 635 g/mol. The van der Waals surface area contributed by atoms with Gasteiger partial charge in [0, 0.05) is 50.3 Å². The Kier molecular flexibility index (Phi) is 13.2. The van der Waals surface area contributed by atoms with Crippen molar-refractivity contribution in [1.29, 1.82) is 0 Å². The average Bonchev–Trinajstić information content (AvgIpc) is 3.01. The number of amides is 3. The maximum atomic E-state index is 14.2. The van der Waals surface area contributed by atoms with Crippen LogP contribution in [-0.4, -0.2) is 90.4 Å². The molecule has 1 aliphatic rings. The first-order valence-corrected chi connectivity index (χ1v) is 15.3. The standard InChI is InChI=1S/C33H44F3N3O6/c1-22-19-39(23(2)21-40)32(43)27-18-26(37-31(42)25-11-6-5-7-12-25)13-14-28(27)45-24(3)10-8-9-17-44-29(22)20-38(4)30(41)15-16-33(34,35)36/h5-7,11-14,18,22-24,29,40H,8-10,15-17,19-21H2,1-4H3,(H,37,42)/t22-,23+,24-,29-/m1/s1. The van der Waals surface area contributed by atoms with E-state index in [0.717, 1.165) is 6.42 Å². The summed E-state index contributed by atoms with van der Waals surface area (Å²) in [6.45, 7) is 5.61. The van der Waals surface area contributed by atoms with Crippen molar-refractivity contribution in [2.45, 2.75) is 77.3 Å². The van der Waals surface area contributed by atoms with E-state index >= 15 is 0 Å². The zero-order valence-electron chi connectivity index (χ0n) is 26.3. The van der Waals surface area contributed by atoms with Crippen molar-refractivity contribution in [2.75, 3.05) is 38.7 Å². The van der Waals surface area contributed by atoms with Crippen molar-refractivity contribution in [1.82, 2.24) is 9.80 Å². The summed E-state index contributed by atoms with van der Waals surface area (Å²) >= 11 is 0. The molecule has 12 heteroatoms. The van der Waals surface area contributed by atoms with Gasteiger partial charge in [-0.25, -0.2) is 0 Å². The number of ether oxygens (including phenoxy) is 2. The predicted octanol–water partition coefficient (Wildman–Crippen LogP) is 5.54. The minimum atomic E-state index is -4.44. The molecule has 0 aliphatic carbocycles. The summed E-state index contributed by atoms with van der Waals surface area (Å²) in [7, 11) is 1.44. The van der Waals surface area contributed by atoms with Crippen LogP contribution < -0.4 is 10.1 Å². The quantitative estimate of drug-likeness (QED) is 0.395. The first kappa shape index (κ1) is 35.8. The molecule has 0 unspecified atom stereocenters. The number of likely N-dealkylation sites (N-methyl/N-ethyl adjacent to an activating group) is 1. The van der Waals surface area contributed by atoms with Crippen molar-refractivity contribution >= 4 is 23.4 Å². The molecule has 248 valence electrons. The fraction of sp³-hybridized carbons (Fsp3) is 0.545. The van der Waals surface area contributed by atoms with E-state index in [1.807, 2.05) is 13.8 Å². The van der Waals surface area contributed by atoms with Crippen LogP contribution in [0.3, 0.4) is 0 Å². The Labute approximate surface area is 262 Å². The van der Waals surface area contributed by atoms with Crippen molar-refractivity contribution in [2.24, 2.45) is 5.92 Å². The van der Waals surface area contributed by atoms with Crippen molar-refractivity contribution in [3.63, 3.8) is 0 Å². The van der Waals surface area contributed by atoms with E-state index in [9.17, 15) is 32.7 Å². The lowest BCUT2D eigenvalue weighted by molar-refractivity contribution is -0.149. The molecule has 4 atom stereocenters. The molecule has 0 fully saturated rings. The fourth-order valence-electron chi connectivity index (χ4n) is 5.07. The predicted molar refractivity (Wildman–Crippen MR) is 164 cm³/mol. The molecule has 2 N–H and O–H groups in total. The lowest BCUT2D eigenvalue weighted by atomic mass is 10.0. The van der Waals surface area contributed by atoms with Crippen LogP contribution in [0.5, 0.6) is 5.75 Å². The van der Waals surface area contributed by atoms with Gasteiger partial charge in [-0.3, -0.25) is 14.4 Å². The van der Waals surface area contributed by atoms with Gasteiger partial charge in [-0.2, -0.15) is 13.2 Å². The molecule has 0 saturated heterocycles. The topological polar surface area (TPSA) is 108 Å². The summed E-state index contributed by atoms with van der Waals surface area (Å²) < 4.78 is 50.5. The maximum Gasteiger partial charge on any atom is 0.389 e. The molecule has 2 aromatic carbocycles. The Bertz CT molecular complexity index is 1280. The van der Waals surface area contributed by atoms with E-state index in [4.69, 9.17) is 9.47 Å². The number of rotatable bonds is 8. The van der Waals surface area contributed by atoms with Crippen LogP contribution in [-0.2, 0) is 9.53 Å². The number of anilines is 1. The van der Waals surface area contributed by atoms with E-state index in [0.29, 0.717) is 36.4 Å². The highest BCUT2D eigenvalue weighted by Crippen LogP contribution is 2.29. The summed E-state index contributed by atoms with van der Waals surface area (Å²) in [4.78, 5) is 42.3. The van der Waals surface area contributed by atoms with Crippen LogP contribution in [0.1, 0.15) is 73.6 Å². The third-order valence-corrected chi connectivity index (χ3v) is 7.85. The second kappa shape index (κ2) is 16.6. The number of alkyl halides is 3. The molecule has 0 spiro atoms. The zero-order valence-corrected chi connectivity index (χ0v) is 26.3. The fourth-order valence-corrected chi connectivity index (χ4v) is 5.07. The summed E-state index contributed by atoms with van der Waals surface area (Å²) in [5, 5.41) is 12.9. The summed E-state index contributed by atoms with van der Waals surface area (Å²) in [6.07, 6.45) is -5.03. The van der Waals surface area contributed by atoms with Gasteiger partial charge in [0.25, 0.3) is 11.8 Å². The minimum absolute atomic E-state index is 0.0408. The Morgan fingerprint density at radius 2 is 1.84 bits per heavy atom. The van der Waals surface area contributed by atoms with E-state index in [-0.39, 0.29) is 43.2 Å². The van der Waals surface area contributed by atoms with Gasteiger partial charge >= 0.3 is 6.18 Å². The van der Waals surface area contributed by atoms with Gasteiger partial charge in [-0.05, 0) is 63.4 Å². The third-order valence-electron chi connectivity index (χ3n) is 7.85. The molecule has 0 aromatic heterocycles. The largest absolute Gasteiger partial charge is 0.490 e. The molecule has 45 heavy (non-hydrogen) atoms. The maximum absolute atomic E-state index is 14.2. The van der Waals surface area contributed by atoms with Gasteiger partial charge in [-0.1, -0.05) is 25.1 Å². The number of carbonyl (C=O) groups is 3. The van der Waals surface area contributed by atoms with Gasteiger partial charge in [0.05, 0.1) is 36.8 Å². The number of aliphatic hydroxyl groups is 1. The highest BCUT2D eigenvalue weighted by Gasteiger charge is 2.32. The number of hydrogen-bond donors (Lipinski definition) is 2. The highest BCUT2D eigenvalue weighted by molar-refractivity contribution is 6.05. The van der Waals surface area contributed by atoms with Crippen molar-refractivity contribution in [3.8, 4) is 5.75 Å². The number of benzene rings is 2. The second-order valence-electron chi connectivity index (χ2n) is 11.7. The number of hydrogen-bond acceptors (Lipinski definition) is 6. The van der Waals surface area contributed by atoms with Crippen molar-refractivity contribution in [3.05, 3.63) is 59.7 Å². The molecule has 3 amide bonds. The molecule has 0 saturated carbocycles. The van der Waals surface area contributed by atoms with Crippen LogP contribution in [0.4, 0.5) is 18.9 Å². The summed E-state index contributed by atoms with van der Waals surface area (Å²) in [6, 6.07) is 12.9. The molecular weight excluding hydrogens is 591 g/mol. The van der Waals surface area contributed by atoms with Crippen LogP contribution in [0, 0.1) is 5.92 Å². The molecule has 9 nitrogen and oxygen atoms in total. The lowest BCUT2D eigenvalue weighted by Crippen LogP contribution is -2.48. The van der Waals surface area contributed by atoms with E-state index in [2.05, 4.69) is 5.32 Å². The first-order chi connectivity index (χ1) is 21.3. The van der Waals surface area contributed by atoms with Gasteiger partial charge in [-0.15, -0.1) is 0 Å².